The van der Waals surface area contributed by atoms with Crippen molar-refractivity contribution in [3.63, 3.8) is 0 Å². The molecule has 3 rings (SSSR count). The molecule has 5 heteroatoms. The predicted octanol–water partition coefficient (Wildman–Crippen LogP) is 1.18. The normalized spacial score (nSPS) is 26.1. The molecule has 84 valence electrons. The van der Waals surface area contributed by atoms with Gasteiger partial charge in [0.25, 0.3) is 0 Å². The van der Waals surface area contributed by atoms with E-state index < -0.39 is 0 Å². The van der Waals surface area contributed by atoms with Gasteiger partial charge in [0.05, 0.1) is 6.04 Å². The van der Waals surface area contributed by atoms with Crippen LogP contribution < -0.4 is 5.32 Å². The minimum Gasteiger partial charge on any atom is -0.307 e. The molecule has 2 aromatic rings. The highest BCUT2D eigenvalue weighted by Crippen LogP contribution is 2.25. The summed E-state index contributed by atoms with van der Waals surface area (Å²) in [4.78, 5) is 4.11. The molecule has 1 fully saturated rings. The molecule has 1 aliphatic heterocycles. The number of aromatic nitrogens is 4. The highest BCUT2D eigenvalue weighted by molar-refractivity contribution is 5.35. The Balaban J connectivity index is 1.99. The van der Waals surface area contributed by atoms with Gasteiger partial charge < -0.3 is 5.32 Å². The molecule has 0 radical (unpaired) electrons. The van der Waals surface area contributed by atoms with Crippen LogP contribution in [0.4, 0.5) is 0 Å². The Morgan fingerprint density at radius 2 is 2.38 bits per heavy atom. The number of hydrogen-bond donors (Lipinski definition) is 1. The molecule has 2 aromatic heterocycles. The van der Waals surface area contributed by atoms with Gasteiger partial charge in [-0.2, -0.15) is 0 Å². The van der Waals surface area contributed by atoms with E-state index in [1.54, 1.807) is 12.5 Å². The Morgan fingerprint density at radius 1 is 1.44 bits per heavy atom. The molecule has 3 heterocycles. The van der Waals surface area contributed by atoms with Gasteiger partial charge >= 0.3 is 0 Å². The van der Waals surface area contributed by atoms with E-state index in [1.807, 2.05) is 10.5 Å². The lowest BCUT2D eigenvalue weighted by molar-refractivity contribution is 0.314. The van der Waals surface area contributed by atoms with Crippen molar-refractivity contribution in [3.8, 4) is 0 Å². The Morgan fingerprint density at radius 3 is 3.25 bits per heavy atom. The summed E-state index contributed by atoms with van der Waals surface area (Å²) < 4.78 is 1.97. The van der Waals surface area contributed by atoms with E-state index in [4.69, 9.17) is 0 Å². The first kappa shape index (κ1) is 9.72. The fraction of sp³-hybridized carbons (Fsp3) is 0.545. The maximum atomic E-state index is 4.26. The summed E-state index contributed by atoms with van der Waals surface area (Å²) in [5.41, 5.74) is 0.866. The van der Waals surface area contributed by atoms with Crippen molar-refractivity contribution in [1.29, 1.82) is 0 Å². The number of rotatable bonds is 1. The second kappa shape index (κ2) is 3.83. The van der Waals surface area contributed by atoms with Gasteiger partial charge in [-0.3, -0.25) is 4.40 Å². The summed E-state index contributed by atoms with van der Waals surface area (Å²) in [5, 5.41) is 11.9. The standard InChI is InChI=1S/C11H15N5/c1-8-2-5-13-9(6-8)11-15-14-10-3-4-12-7-16(10)11/h3-4,7-9,13H,2,5-6H2,1H3. The van der Waals surface area contributed by atoms with Crippen LogP contribution in [0.1, 0.15) is 31.6 Å². The van der Waals surface area contributed by atoms with Crippen LogP contribution in [0.25, 0.3) is 5.65 Å². The molecule has 1 N–H and O–H groups in total. The fourth-order valence-corrected chi connectivity index (χ4v) is 2.30. The van der Waals surface area contributed by atoms with Gasteiger partial charge in [-0.1, -0.05) is 6.92 Å². The Labute approximate surface area is 93.9 Å². The van der Waals surface area contributed by atoms with E-state index in [0.29, 0.717) is 6.04 Å². The van der Waals surface area contributed by atoms with Crippen molar-refractivity contribution in [3.05, 3.63) is 24.4 Å². The Kier molecular flexibility index (Phi) is 2.32. The van der Waals surface area contributed by atoms with Gasteiger partial charge in [0.15, 0.2) is 11.5 Å². The molecular formula is C11H15N5. The zero-order chi connectivity index (χ0) is 11.0. The summed E-state index contributed by atoms with van der Waals surface area (Å²) in [6, 6.07) is 2.19. The van der Waals surface area contributed by atoms with E-state index in [0.717, 1.165) is 30.4 Å². The Hall–Kier alpha value is -1.49. The minimum atomic E-state index is 0.308. The number of fused-ring (bicyclic) bond motifs is 1. The number of piperidine rings is 1. The summed E-state index contributed by atoms with van der Waals surface area (Å²) in [6.45, 7) is 3.34. The van der Waals surface area contributed by atoms with Crippen LogP contribution in [0, 0.1) is 5.92 Å². The first-order valence-electron chi connectivity index (χ1n) is 5.72. The first-order chi connectivity index (χ1) is 7.84. The zero-order valence-electron chi connectivity index (χ0n) is 9.30. The second-order valence-corrected chi connectivity index (χ2v) is 4.50. The van der Waals surface area contributed by atoms with Crippen LogP contribution in [0.2, 0.25) is 0 Å². The molecule has 1 aliphatic rings. The summed E-state index contributed by atoms with van der Waals surface area (Å²) in [7, 11) is 0. The molecule has 1 saturated heterocycles. The maximum absolute atomic E-state index is 4.26. The van der Waals surface area contributed by atoms with E-state index in [-0.39, 0.29) is 0 Å². The van der Waals surface area contributed by atoms with Gasteiger partial charge in [-0.15, -0.1) is 10.2 Å². The average Bonchev–Trinajstić information content (AvgIpc) is 2.72. The second-order valence-electron chi connectivity index (χ2n) is 4.50. The van der Waals surface area contributed by atoms with Crippen molar-refractivity contribution >= 4 is 5.65 Å². The molecule has 2 atom stereocenters. The molecule has 0 amide bonds. The van der Waals surface area contributed by atoms with Crippen LogP contribution in [-0.4, -0.2) is 26.1 Å². The van der Waals surface area contributed by atoms with Crippen LogP contribution in [-0.2, 0) is 0 Å². The third-order valence-electron chi connectivity index (χ3n) is 3.22. The van der Waals surface area contributed by atoms with E-state index in [1.165, 1.54) is 6.42 Å². The van der Waals surface area contributed by atoms with Gasteiger partial charge in [0, 0.05) is 12.3 Å². The smallest absolute Gasteiger partial charge is 0.163 e. The van der Waals surface area contributed by atoms with Gasteiger partial charge in [-0.05, 0) is 25.3 Å². The van der Waals surface area contributed by atoms with E-state index in [9.17, 15) is 0 Å². The van der Waals surface area contributed by atoms with Crippen LogP contribution in [0.3, 0.4) is 0 Å². The van der Waals surface area contributed by atoms with Gasteiger partial charge in [0.1, 0.15) is 6.33 Å². The molecule has 0 saturated carbocycles. The van der Waals surface area contributed by atoms with Crippen molar-refractivity contribution in [2.45, 2.75) is 25.8 Å². The highest BCUT2D eigenvalue weighted by Gasteiger charge is 2.23. The molecule has 0 spiro atoms. The average molecular weight is 217 g/mol. The van der Waals surface area contributed by atoms with E-state index >= 15 is 0 Å². The van der Waals surface area contributed by atoms with Crippen LogP contribution in [0.15, 0.2) is 18.6 Å². The molecule has 0 bridgehead atoms. The van der Waals surface area contributed by atoms with Gasteiger partial charge in [-0.25, -0.2) is 4.98 Å². The maximum Gasteiger partial charge on any atom is 0.163 e. The van der Waals surface area contributed by atoms with E-state index in [2.05, 4.69) is 27.4 Å². The lowest BCUT2D eigenvalue weighted by Gasteiger charge is -2.26. The lowest BCUT2D eigenvalue weighted by atomic mass is 9.94. The molecule has 0 aliphatic carbocycles. The van der Waals surface area contributed by atoms with Crippen molar-refractivity contribution in [1.82, 2.24) is 24.9 Å². The largest absolute Gasteiger partial charge is 0.307 e. The zero-order valence-corrected chi connectivity index (χ0v) is 9.30. The first-order valence-corrected chi connectivity index (χ1v) is 5.72. The van der Waals surface area contributed by atoms with Crippen LogP contribution in [0.5, 0.6) is 0 Å². The molecule has 16 heavy (non-hydrogen) atoms. The summed E-state index contributed by atoms with van der Waals surface area (Å²) >= 11 is 0. The SMILES string of the molecule is CC1CCNC(c2nnc3ccncn23)C1. The Bertz CT molecular complexity index is 492. The van der Waals surface area contributed by atoms with Crippen LogP contribution >= 0.6 is 0 Å². The van der Waals surface area contributed by atoms with Crippen molar-refractivity contribution in [2.75, 3.05) is 6.54 Å². The minimum absolute atomic E-state index is 0.308. The quantitative estimate of drug-likeness (QED) is 0.779. The highest BCUT2D eigenvalue weighted by atomic mass is 15.3. The van der Waals surface area contributed by atoms with Crippen molar-refractivity contribution < 1.29 is 0 Å². The molecular weight excluding hydrogens is 202 g/mol. The monoisotopic (exact) mass is 217 g/mol. The molecule has 2 unspecified atom stereocenters. The molecule has 5 nitrogen and oxygen atoms in total. The topological polar surface area (TPSA) is 55.1 Å². The third kappa shape index (κ3) is 1.57. The predicted molar refractivity (Wildman–Crippen MR) is 59.9 cm³/mol. The summed E-state index contributed by atoms with van der Waals surface area (Å²) in [6.07, 6.45) is 5.89. The number of nitrogens with one attached hydrogen (secondary N) is 1. The number of hydrogen-bond acceptors (Lipinski definition) is 4. The molecule has 0 aromatic carbocycles. The lowest BCUT2D eigenvalue weighted by Crippen LogP contribution is -2.32. The van der Waals surface area contributed by atoms with Crippen molar-refractivity contribution in [2.24, 2.45) is 5.92 Å². The fourth-order valence-electron chi connectivity index (χ4n) is 2.30. The van der Waals surface area contributed by atoms with Gasteiger partial charge in [0.2, 0.25) is 0 Å². The summed E-state index contributed by atoms with van der Waals surface area (Å²) in [5.74, 6) is 1.73. The third-order valence-corrected chi connectivity index (χ3v) is 3.22. The number of nitrogens with zero attached hydrogens (tertiary/aromatic N) is 4.